The van der Waals surface area contributed by atoms with Gasteiger partial charge in [-0.1, -0.05) is 18.2 Å². The fourth-order valence-electron chi connectivity index (χ4n) is 5.22. The molecule has 1 aromatic carbocycles. The molecule has 0 N–H and O–H groups in total. The van der Waals surface area contributed by atoms with Crippen molar-refractivity contribution >= 4 is 11.7 Å². The van der Waals surface area contributed by atoms with Crippen molar-refractivity contribution in [3.8, 4) is 5.75 Å². The lowest BCUT2D eigenvalue weighted by Crippen LogP contribution is -2.29. The number of carbonyl (C=O) groups excluding carboxylic acids is 1. The number of hydrogen-bond acceptors (Lipinski definition) is 7. The van der Waals surface area contributed by atoms with Crippen LogP contribution in [0, 0.1) is 0 Å². The van der Waals surface area contributed by atoms with Gasteiger partial charge in [0.05, 0.1) is 12.8 Å². The molecule has 0 fully saturated rings. The van der Waals surface area contributed by atoms with Crippen LogP contribution in [-0.2, 0) is 37.3 Å². The Kier molecular flexibility index (Phi) is 7.04. The van der Waals surface area contributed by atoms with E-state index in [0.29, 0.717) is 29.9 Å². The third-order valence-electron chi connectivity index (χ3n) is 7.08. The van der Waals surface area contributed by atoms with Gasteiger partial charge in [-0.3, -0.25) is 14.7 Å². The van der Waals surface area contributed by atoms with E-state index in [1.165, 1.54) is 36.4 Å². The third kappa shape index (κ3) is 4.99. The van der Waals surface area contributed by atoms with Crippen molar-refractivity contribution in [3.05, 3.63) is 87.1 Å². The van der Waals surface area contributed by atoms with Crippen LogP contribution in [0.2, 0.25) is 0 Å². The van der Waals surface area contributed by atoms with Gasteiger partial charge in [-0.05, 0) is 42.2 Å². The third-order valence-corrected chi connectivity index (χ3v) is 7.08. The molecule has 8 nitrogen and oxygen atoms in total. The molecule has 0 saturated heterocycles. The second-order valence-corrected chi connectivity index (χ2v) is 9.44. The van der Waals surface area contributed by atoms with E-state index in [1.807, 2.05) is 18.2 Å². The van der Waals surface area contributed by atoms with Gasteiger partial charge in [0.1, 0.15) is 17.9 Å². The molecule has 188 valence electrons. The van der Waals surface area contributed by atoms with E-state index in [9.17, 15) is 9.59 Å². The summed E-state index contributed by atoms with van der Waals surface area (Å²) in [4.78, 5) is 34.8. The summed E-state index contributed by atoms with van der Waals surface area (Å²) in [5, 5.41) is 0. The van der Waals surface area contributed by atoms with Crippen LogP contribution < -0.4 is 15.2 Å². The van der Waals surface area contributed by atoms with Crippen LogP contribution in [0.1, 0.15) is 39.3 Å². The zero-order valence-electron chi connectivity index (χ0n) is 20.9. The largest absolute Gasteiger partial charge is 0.486 e. The van der Waals surface area contributed by atoms with Crippen molar-refractivity contribution in [2.45, 2.75) is 39.0 Å². The molecule has 0 amide bonds. The number of fused-ring (bicyclic) bond motifs is 2. The lowest BCUT2D eigenvalue weighted by Gasteiger charge is -2.28. The molecule has 4 heterocycles. The van der Waals surface area contributed by atoms with Crippen LogP contribution in [0.5, 0.6) is 5.75 Å². The summed E-state index contributed by atoms with van der Waals surface area (Å²) >= 11 is 0. The number of ether oxygens (including phenoxy) is 2. The average molecular weight is 489 g/mol. The summed E-state index contributed by atoms with van der Waals surface area (Å²) in [6.45, 7) is 4.01. The molecule has 0 saturated carbocycles. The first-order valence-corrected chi connectivity index (χ1v) is 12.5. The average Bonchev–Trinajstić information content (AvgIpc) is 3.11. The Morgan fingerprint density at radius 2 is 1.94 bits per heavy atom. The molecule has 0 unspecified atom stereocenters. The number of aromatic nitrogens is 2. The second-order valence-electron chi connectivity index (χ2n) is 9.44. The molecular weight excluding hydrogens is 456 g/mol. The molecule has 0 radical (unpaired) electrons. The molecule has 36 heavy (non-hydrogen) atoms. The minimum atomic E-state index is -0.498. The second kappa shape index (κ2) is 10.5. The van der Waals surface area contributed by atoms with E-state index >= 15 is 0 Å². The molecule has 2 aliphatic rings. The van der Waals surface area contributed by atoms with E-state index in [1.54, 1.807) is 10.8 Å². The Labute approximate surface area is 211 Å². The summed E-state index contributed by atoms with van der Waals surface area (Å²) in [6, 6.07) is 13.7. The van der Waals surface area contributed by atoms with Gasteiger partial charge in [-0.25, -0.2) is 4.79 Å². The molecule has 0 spiro atoms. The molecular formula is C28H32N4O4. The van der Waals surface area contributed by atoms with Crippen LogP contribution in [-0.4, -0.2) is 54.2 Å². The van der Waals surface area contributed by atoms with Gasteiger partial charge >= 0.3 is 5.97 Å². The van der Waals surface area contributed by atoms with Gasteiger partial charge in [0.15, 0.2) is 0 Å². The molecule has 0 atom stereocenters. The summed E-state index contributed by atoms with van der Waals surface area (Å²) in [7, 11) is 3.50. The summed E-state index contributed by atoms with van der Waals surface area (Å²) in [6.07, 6.45) is 4.52. The number of anilines is 1. The van der Waals surface area contributed by atoms with Crippen LogP contribution in [0.25, 0.3) is 0 Å². The van der Waals surface area contributed by atoms with E-state index in [0.717, 1.165) is 32.6 Å². The van der Waals surface area contributed by atoms with Crippen LogP contribution >= 0.6 is 0 Å². The minimum absolute atomic E-state index is 0.160. The van der Waals surface area contributed by atoms with Gasteiger partial charge < -0.3 is 18.9 Å². The molecule has 0 aliphatic carbocycles. The molecule has 3 aromatic rings. The van der Waals surface area contributed by atoms with E-state index in [2.05, 4.69) is 40.0 Å². The van der Waals surface area contributed by atoms with Gasteiger partial charge in [-0.15, -0.1) is 0 Å². The Hall–Kier alpha value is -3.65. The minimum Gasteiger partial charge on any atom is -0.486 e. The van der Waals surface area contributed by atoms with E-state index < -0.39 is 5.97 Å². The van der Waals surface area contributed by atoms with E-state index in [4.69, 9.17) is 9.47 Å². The molecule has 8 heteroatoms. The highest BCUT2D eigenvalue weighted by molar-refractivity contribution is 5.93. The SMILES string of the molecule is COC(=O)c1c(OCc2ccccn2)cc(=O)n2c1CCN(Cc1ccc3c(c1)CCCN3C)CC2. The van der Waals surface area contributed by atoms with E-state index in [-0.39, 0.29) is 17.9 Å². The van der Waals surface area contributed by atoms with Crippen molar-refractivity contribution in [2.24, 2.45) is 0 Å². The Balaban J connectivity index is 1.37. The van der Waals surface area contributed by atoms with Crippen molar-refractivity contribution in [1.29, 1.82) is 0 Å². The van der Waals surface area contributed by atoms with Crippen LogP contribution in [0.3, 0.4) is 0 Å². The topological polar surface area (TPSA) is 76.9 Å². The van der Waals surface area contributed by atoms with Crippen molar-refractivity contribution in [1.82, 2.24) is 14.5 Å². The number of methoxy groups -OCH3 is 1. The number of aryl methyl sites for hydroxylation is 1. The standard InChI is InChI=1S/C28H32N4O4/c1-30-12-5-6-21-16-20(8-9-23(21)30)18-31-13-10-24-27(28(34)35-2)25(17-26(33)32(24)15-14-31)36-19-22-7-3-4-11-29-22/h3-4,7-9,11,16-17H,5-6,10,12-15,18-19H2,1-2H3. The maximum absolute atomic E-state index is 13.1. The number of rotatable bonds is 6. The lowest BCUT2D eigenvalue weighted by atomic mass is 9.99. The molecule has 0 bridgehead atoms. The highest BCUT2D eigenvalue weighted by Gasteiger charge is 2.26. The summed E-state index contributed by atoms with van der Waals surface area (Å²) in [5.74, 6) is -0.252. The zero-order chi connectivity index (χ0) is 25.1. The first-order chi connectivity index (χ1) is 17.5. The maximum Gasteiger partial charge on any atom is 0.343 e. The first kappa shape index (κ1) is 24.1. The summed E-state index contributed by atoms with van der Waals surface area (Å²) < 4.78 is 12.7. The number of carbonyl (C=O) groups is 1. The highest BCUT2D eigenvalue weighted by Crippen LogP contribution is 2.28. The number of nitrogens with zero attached hydrogens (tertiary/aromatic N) is 4. The number of esters is 1. The quantitative estimate of drug-likeness (QED) is 0.494. The Morgan fingerprint density at radius 3 is 2.75 bits per heavy atom. The van der Waals surface area contributed by atoms with Crippen molar-refractivity contribution in [2.75, 3.05) is 38.7 Å². The monoisotopic (exact) mass is 488 g/mol. The van der Waals surface area contributed by atoms with Crippen molar-refractivity contribution < 1.29 is 14.3 Å². The molecule has 2 aliphatic heterocycles. The fourth-order valence-corrected chi connectivity index (χ4v) is 5.22. The Bertz CT molecular complexity index is 1300. The predicted molar refractivity (Wildman–Crippen MR) is 138 cm³/mol. The van der Waals surface area contributed by atoms with Crippen LogP contribution in [0.4, 0.5) is 5.69 Å². The predicted octanol–water partition coefficient (Wildman–Crippen LogP) is 3.05. The zero-order valence-corrected chi connectivity index (χ0v) is 20.9. The smallest absolute Gasteiger partial charge is 0.343 e. The fraction of sp³-hybridized carbons (Fsp3) is 0.393. The lowest BCUT2D eigenvalue weighted by molar-refractivity contribution is 0.0592. The van der Waals surface area contributed by atoms with Crippen LogP contribution in [0.15, 0.2) is 53.5 Å². The van der Waals surface area contributed by atoms with Gasteiger partial charge in [0, 0.05) is 69.8 Å². The van der Waals surface area contributed by atoms with Gasteiger partial charge in [-0.2, -0.15) is 0 Å². The van der Waals surface area contributed by atoms with Gasteiger partial charge in [0.25, 0.3) is 5.56 Å². The number of pyridine rings is 2. The number of hydrogen-bond donors (Lipinski definition) is 0. The van der Waals surface area contributed by atoms with Gasteiger partial charge in [0.2, 0.25) is 0 Å². The molecule has 5 rings (SSSR count). The summed E-state index contributed by atoms with van der Waals surface area (Å²) in [5.41, 5.74) is 5.53. The first-order valence-electron chi connectivity index (χ1n) is 12.5. The van der Waals surface area contributed by atoms with Crippen molar-refractivity contribution in [3.63, 3.8) is 0 Å². The number of benzene rings is 1. The Morgan fingerprint density at radius 1 is 1.06 bits per heavy atom. The molecule has 2 aromatic heterocycles. The highest BCUT2D eigenvalue weighted by atomic mass is 16.5. The maximum atomic E-state index is 13.1. The normalized spacial score (nSPS) is 15.6.